The van der Waals surface area contributed by atoms with Crippen LogP contribution in [0.1, 0.15) is 34.8 Å². The second-order valence-electron chi connectivity index (χ2n) is 8.37. The molecular formula is C24H17F3N6O2. The summed E-state index contributed by atoms with van der Waals surface area (Å²) < 4.78 is 44.0. The number of rotatable bonds is 4. The van der Waals surface area contributed by atoms with Gasteiger partial charge in [0.05, 0.1) is 34.4 Å². The second kappa shape index (κ2) is 7.83. The Hall–Kier alpha value is -4.41. The number of fused-ring (bicyclic) bond motifs is 2. The summed E-state index contributed by atoms with van der Waals surface area (Å²) in [6.07, 6.45) is 4.70. The fourth-order valence-corrected chi connectivity index (χ4v) is 4.64. The first-order valence-corrected chi connectivity index (χ1v) is 10.9. The first kappa shape index (κ1) is 21.1. The van der Waals surface area contributed by atoms with Crippen molar-refractivity contribution in [3.8, 4) is 11.4 Å². The fraction of sp³-hybridized carbons (Fsp3) is 0.167. The Bertz CT molecular complexity index is 1630. The summed E-state index contributed by atoms with van der Waals surface area (Å²) in [4.78, 5) is 25.3. The van der Waals surface area contributed by atoms with E-state index >= 15 is 0 Å². The molecule has 6 rings (SSSR count). The van der Waals surface area contributed by atoms with Gasteiger partial charge in [-0.1, -0.05) is 0 Å². The number of nitrogens with zero attached hydrogens (tertiary/aromatic N) is 5. The zero-order chi connectivity index (χ0) is 24.3. The van der Waals surface area contributed by atoms with Gasteiger partial charge >= 0.3 is 5.97 Å². The lowest BCUT2D eigenvalue weighted by Gasteiger charge is -2.26. The van der Waals surface area contributed by atoms with Crippen LogP contribution in [0.15, 0.2) is 48.8 Å². The Balaban J connectivity index is 1.42. The zero-order valence-corrected chi connectivity index (χ0v) is 18.0. The SMILES string of the molecule is O=C(O)c1cc2nc(-c3cnn4ccc(N5CCC[C@@H]5c5cc(F)ccc5F)nc34)[nH]c2cc1F. The van der Waals surface area contributed by atoms with Crippen LogP contribution < -0.4 is 4.90 Å². The number of anilines is 1. The number of carboxylic acid groups (broad SMARTS) is 1. The van der Waals surface area contributed by atoms with Gasteiger partial charge in [0.1, 0.15) is 29.1 Å². The molecule has 0 spiro atoms. The minimum atomic E-state index is -1.38. The van der Waals surface area contributed by atoms with E-state index in [2.05, 4.69) is 15.1 Å². The summed E-state index contributed by atoms with van der Waals surface area (Å²) in [6, 6.07) is 7.09. The third-order valence-corrected chi connectivity index (χ3v) is 6.27. The molecule has 1 atom stereocenters. The number of carbonyl (C=O) groups is 1. The van der Waals surface area contributed by atoms with Crippen molar-refractivity contribution >= 4 is 28.5 Å². The number of nitrogens with one attached hydrogen (secondary N) is 1. The molecule has 1 aliphatic heterocycles. The summed E-state index contributed by atoms with van der Waals surface area (Å²) in [5.74, 6) is -2.31. The van der Waals surface area contributed by atoms with Crippen LogP contribution in [0.3, 0.4) is 0 Å². The molecule has 176 valence electrons. The molecule has 8 nitrogen and oxygen atoms in total. The fourth-order valence-electron chi connectivity index (χ4n) is 4.64. The molecule has 3 aromatic heterocycles. The van der Waals surface area contributed by atoms with Gasteiger partial charge in [-0.2, -0.15) is 5.10 Å². The van der Waals surface area contributed by atoms with Crippen molar-refractivity contribution in [1.29, 1.82) is 0 Å². The van der Waals surface area contributed by atoms with Crippen LogP contribution in [0.2, 0.25) is 0 Å². The van der Waals surface area contributed by atoms with E-state index in [0.717, 1.165) is 24.6 Å². The predicted octanol–water partition coefficient (Wildman–Crippen LogP) is 4.73. The number of hydrogen-bond acceptors (Lipinski definition) is 5. The van der Waals surface area contributed by atoms with Crippen LogP contribution in [0.25, 0.3) is 28.1 Å². The zero-order valence-electron chi connectivity index (χ0n) is 18.0. The standard InChI is InChI=1S/C24H17F3N6O2/c25-12-3-4-16(26)13(8-12)20-2-1-6-32(20)21-5-7-33-23(31-21)15(11-28-33)22-29-18-9-14(24(34)35)17(27)10-19(18)30-22/h3-5,7-11,20H,1-2,6H2,(H,29,30)(H,34,35)/t20-/m1/s1. The molecule has 11 heteroatoms. The molecule has 35 heavy (non-hydrogen) atoms. The number of aromatic carboxylic acids is 1. The topological polar surface area (TPSA) is 99.4 Å². The number of H-pyrrole nitrogens is 1. The first-order valence-electron chi connectivity index (χ1n) is 10.9. The number of carboxylic acids is 1. The van der Waals surface area contributed by atoms with E-state index in [1.54, 1.807) is 23.0 Å². The summed E-state index contributed by atoms with van der Waals surface area (Å²) in [7, 11) is 0. The van der Waals surface area contributed by atoms with E-state index in [4.69, 9.17) is 4.98 Å². The van der Waals surface area contributed by atoms with E-state index in [-0.39, 0.29) is 17.1 Å². The van der Waals surface area contributed by atoms with Crippen molar-refractivity contribution in [3.05, 3.63) is 77.4 Å². The van der Waals surface area contributed by atoms with Gasteiger partial charge in [-0.05, 0) is 43.2 Å². The lowest BCUT2D eigenvalue weighted by atomic mass is 10.0. The van der Waals surface area contributed by atoms with E-state index in [0.29, 0.717) is 41.3 Å². The largest absolute Gasteiger partial charge is 0.478 e. The molecule has 0 aliphatic carbocycles. The summed E-state index contributed by atoms with van der Waals surface area (Å²) in [5, 5.41) is 13.5. The van der Waals surface area contributed by atoms with E-state index in [1.165, 1.54) is 12.1 Å². The van der Waals surface area contributed by atoms with Crippen LogP contribution in [0.5, 0.6) is 0 Å². The average molecular weight is 478 g/mol. The highest BCUT2D eigenvalue weighted by atomic mass is 19.1. The minimum Gasteiger partial charge on any atom is -0.478 e. The van der Waals surface area contributed by atoms with E-state index in [9.17, 15) is 23.1 Å². The summed E-state index contributed by atoms with van der Waals surface area (Å²) in [6.45, 7) is 0.620. The van der Waals surface area contributed by atoms with Crippen LogP contribution in [0.4, 0.5) is 19.0 Å². The number of aromatic nitrogens is 5. The Morgan fingerprint density at radius 3 is 2.77 bits per heavy atom. The monoisotopic (exact) mass is 478 g/mol. The molecule has 0 amide bonds. The average Bonchev–Trinajstić information content (AvgIpc) is 3.56. The number of imidazole rings is 1. The molecule has 4 heterocycles. The Kier molecular flexibility index (Phi) is 4.73. The molecule has 1 aliphatic rings. The molecule has 0 bridgehead atoms. The van der Waals surface area contributed by atoms with Gasteiger partial charge in [-0.25, -0.2) is 32.4 Å². The Labute approximate surface area is 195 Å². The smallest absolute Gasteiger partial charge is 0.338 e. The van der Waals surface area contributed by atoms with Gasteiger partial charge in [0.25, 0.3) is 0 Å². The van der Waals surface area contributed by atoms with Crippen LogP contribution in [0, 0.1) is 17.5 Å². The Morgan fingerprint density at radius 2 is 1.94 bits per heavy atom. The molecule has 0 radical (unpaired) electrons. The molecular weight excluding hydrogens is 461 g/mol. The van der Waals surface area contributed by atoms with Gasteiger partial charge in [-0.3, -0.25) is 0 Å². The first-order chi connectivity index (χ1) is 16.9. The maximum Gasteiger partial charge on any atom is 0.338 e. The van der Waals surface area contributed by atoms with Crippen molar-refractivity contribution in [2.75, 3.05) is 11.4 Å². The lowest BCUT2D eigenvalue weighted by molar-refractivity contribution is 0.0692. The van der Waals surface area contributed by atoms with Gasteiger partial charge in [0, 0.05) is 24.4 Å². The van der Waals surface area contributed by atoms with E-state index in [1.807, 2.05) is 4.90 Å². The number of halogens is 3. The Morgan fingerprint density at radius 1 is 1.09 bits per heavy atom. The number of benzene rings is 2. The molecule has 0 unspecified atom stereocenters. The molecule has 1 saturated heterocycles. The van der Waals surface area contributed by atoms with Crippen LogP contribution in [-0.2, 0) is 0 Å². The van der Waals surface area contributed by atoms with Gasteiger partial charge < -0.3 is 15.0 Å². The highest BCUT2D eigenvalue weighted by molar-refractivity contribution is 5.93. The summed E-state index contributed by atoms with van der Waals surface area (Å²) >= 11 is 0. The number of aromatic amines is 1. The minimum absolute atomic E-state index is 0.284. The van der Waals surface area contributed by atoms with Crippen LogP contribution in [-0.4, -0.2) is 42.2 Å². The van der Waals surface area contributed by atoms with Crippen molar-refractivity contribution in [2.45, 2.75) is 18.9 Å². The predicted molar refractivity (Wildman–Crippen MR) is 121 cm³/mol. The molecule has 1 fully saturated rings. The second-order valence-corrected chi connectivity index (χ2v) is 8.37. The van der Waals surface area contributed by atoms with Gasteiger partial charge in [0.15, 0.2) is 5.65 Å². The third-order valence-electron chi connectivity index (χ3n) is 6.27. The van der Waals surface area contributed by atoms with Crippen molar-refractivity contribution in [2.24, 2.45) is 0 Å². The number of hydrogen-bond donors (Lipinski definition) is 2. The highest BCUT2D eigenvalue weighted by Crippen LogP contribution is 2.37. The molecule has 0 saturated carbocycles. The van der Waals surface area contributed by atoms with Gasteiger partial charge in [-0.15, -0.1) is 0 Å². The normalized spacial score (nSPS) is 16.0. The van der Waals surface area contributed by atoms with E-state index < -0.39 is 29.0 Å². The van der Waals surface area contributed by atoms with Crippen molar-refractivity contribution in [3.63, 3.8) is 0 Å². The molecule has 5 aromatic rings. The summed E-state index contributed by atoms with van der Waals surface area (Å²) in [5.41, 5.74) is 1.40. The lowest BCUT2D eigenvalue weighted by Crippen LogP contribution is -2.24. The molecule has 2 aromatic carbocycles. The van der Waals surface area contributed by atoms with Crippen molar-refractivity contribution < 1.29 is 23.1 Å². The molecule has 2 N–H and O–H groups in total. The maximum absolute atomic E-state index is 14.5. The maximum atomic E-state index is 14.5. The van der Waals surface area contributed by atoms with Crippen LogP contribution >= 0.6 is 0 Å². The van der Waals surface area contributed by atoms with Crippen molar-refractivity contribution in [1.82, 2.24) is 24.6 Å². The van der Waals surface area contributed by atoms with Gasteiger partial charge in [0.2, 0.25) is 0 Å². The quantitative estimate of drug-likeness (QED) is 0.388. The highest BCUT2D eigenvalue weighted by Gasteiger charge is 2.30. The third kappa shape index (κ3) is 3.47.